The van der Waals surface area contributed by atoms with Crippen molar-refractivity contribution in [2.45, 2.75) is 18.5 Å². The number of benzene rings is 1. The zero-order chi connectivity index (χ0) is 15.8. The van der Waals surface area contributed by atoms with Gasteiger partial charge in [-0.25, -0.2) is 0 Å². The van der Waals surface area contributed by atoms with Gasteiger partial charge in [-0.1, -0.05) is 0 Å². The topological polar surface area (TPSA) is 55.6 Å². The zero-order valence-corrected chi connectivity index (χ0v) is 11.8. The van der Waals surface area contributed by atoms with Crippen LogP contribution in [0, 0.1) is 0 Å². The number of nitrogens with two attached hydrogens (primary N) is 1. The lowest BCUT2D eigenvalue weighted by molar-refractivity contribution is -0.137. The minimum absolute atomic E-state index is 0.0604. The first-order chi connectivity index (χ1) is 9.74. The molecule has 0 saturated carbocycles. The van der Waals surface area contributed by atoms with Gasteiger partial charge in [0.25, 0.3) is 0 Å². The summed E-state index contributed by atoms with van der Waals surface area (Å²) in [5, 5.41) is 0. The van der Waals surface area contributed by atoms with Crippen LogP contribution in [0.15, 0.2) is 12.1 Å². The summed E-state index contributed by atoms with van der Waals surface area (Å²) in [4.78, 5) is 13.6. The van der Waals surface area contributed by atoms with Gasteiger partial charge < -0.3 is 15.4 Å². The third kappa shape index (κ3) is 3.12. The Hall–Kier alpha value is -1.76. The second kappa shape index (κ2) is 5.55. The maximum atomic E-state index is 12.9. The number of carbonyl (C=O) groups is 1. The number of hydrogen-bond acceptors (Lipinski definition) is 3. The Morgan fingerprint density at radius 1 is 1.43 bits per heavy atom. The highest BCUT2D eigenvalue weighted by Crippen LogP contribution is 2.40. The molecule has 1 saturated heterocycles. The highest BCUT2D eigenvalue weighted by atomic mass is 19.4. The summed E-state index contributed by atoms with van der Waals surface area (Å²) in [6.45, 7) is 1.47. The third-order valence-corrected chi connectivity index (χ3v) is 3.75. The predicted octanol–water partition coefficient (Wildman–Crippen LogP) is 2.23. The second-order valence-corrected chi connectivity index (χ2v) is 5.25. The van der Waals surface area contributed by atoms with Gasteiger partial charge in [0, 0.05) is 23.6 Å². The van der Waals surface area contributed by atoms with Crippen molar-refractivity contribution in [3.63, 3.8) is 0 Å². The number of nitrogens with zero attached hydrogens (tertiary/aromatic N) is 1. The van der Waals surface area contributed by atoms with E-state index in [-0.39, 0.29) is 17.2 Å². The minimum Gasteiger partial charge on any atom is -0.496 e. The van der Waals surface area contributed by atoms with E-state index in [0.29, 0.717) is 12.1 Å². The molecule has 2 N–H and O–H groups in total. The Morgan fingerprint density at radius 2 is 2.10 bits per heavy atom. The SMILES string of the molecule is COc1cc(C(F)(F)F)cc(C(N)=O)c1C1CCN(C)C1. The van der Waals surface area contributed by atoms with E-state index in [4.69, 9.17) is 10.5 Å². The molecule has 4 nitrogen and oxygen atoms in total. The molecule has 0 radical (unpaired) electrons. The molecule has 1 aromatic carbocycles. The minimum atomic E-state index is -4.55. The Labute approximate surface area is 120 Å². The fraction of sp³-hybridized carbons (Fsp3) is 0.500. The molecule has 0 aromatic heterocycles. The van der Waals surface area contributed by atoms with Crippen LogP contribution in [0.4, 0.5) is 13.2 Å². The van der Waals surface area contributed by atoms with E-state index in [1.165, 1.54) is 7.11 Å². The Bertz CT molecular complexity index is 558. The molecular weight excluding hydrogens is 285 g/mol. The third-order valence-electron chi connectivity index (χ3n) is 3.75. The summed E-state index contributed by atoms with van der Waals surface area (Å²) in [5.41, 5.74) is 4.71. The van der Waals surface area contributed by atoms with Crippen LogP contribution in [-0.2, 0) is 6.18 Å². The van der Waals surface area contributed by atoms with Crippen molar-refractivity contribution >= 4 is 5.91 Å². The van der Waals surface area contributed by atoms with Crippen molar-refractivity contribution in [2.24, 2.45) is 5.73 Å². The molecule has 21 heavy (non-hydrogen) atoms. The van der Waals surface area contributed by atoms with E-state index in [2.05, 4.69) is 0 Å². The van der Waals surface area contributed by atoms with Crippen molar-refractivity contribution < 1.29 is 22.7 Å². The average Bonchev–Trinajstić information content (AvgIpc) is 2.82. The number of hydrogen-bond donors (Lipinski definition) is 1. The Kier molecular flexibility index (Phi) is 4.13. The number of carbonyl (C=O) groups excluding carboxylic acids is 1. The van der Waals surface area contributed by atoms with Crippen LogP contribution in [0.5, 0.6) is 5.75 Å². The van der Waals surface area contributed by atoms with Gasteiger partial charge in [0.2, 0.25) is 5.91 Å². The first-order valence-corrected chi connectivity index (χ1v) is 6.51. The standard InChI is InChI=1S/C14H17F3N2O2/c1-19-4-3-8(7-19)12-10(13(18)20)5-9(14(15,16)17)6-11(12)21-2/h5-6,8H,3-4,7H2,1-2H3,(H2,18,20). The van der Waals surface area contributed by atoms with E-state index in [1.54, 1.807) is 0 Å². The Balaban J connectivity index is 2.59. The van der Waals surface area contributed by atoms with Crippen molar-refractivity contribution in [1.82, 2.24) is 4.90 Å². The largest absolute Gasteiger partial charge is 0.496 e. The lowest BCUT2D eigenvalue weighted by Gasteiger charge is -2.20. The number of primary amides is 1. The van der Waals surface area contributed by atoms with Crippen LogP contribution in [-0.4, -0.2) is 38.1 Å². The molecular formula is C14H17F3N2O2. The molecule has 1 aliphatic heterocycles. The van der Waals surface area contributed by atoms with Gasteiger partial charge >= 0.3 is 6.18 Å². The van der Waals surface area contributed by atoms with Gasteiger partial charge in [-0.3, -0.25) is 4.79 Å². The molecule has 2 rings (SSSR count). The maximum absolute atomic E-state index is 12.9. The molecule has 1 fully saturated rings. The van der Waals surface area contributed by atoms with Crippen LogP contribution in [0.25, 0.3) is 0 Å². The van der Waals surface area contributed by atoms with E-state index in [1.807, 2.05) is 11.9 Å². The molecule has 1 aromatic rings. The molecule has 116 valence electrons. The van der Waals surface area contributed by atoms with Crippen molar-refractivity contribution in [1.29, 1.82) is 0 Å². The zero-order valence-electron chi connectivity index (χ0n) is 11.8. The quantitative estimate of drug-likeness (QED) is 0.931. The summed E-state index contributed by atoms with van der Waals surface area (Å²) in [5.74, 6) is -0.863. The fourth-order valence-electron chi connectivity index (χ4n) is 2.75. The number of halogens is 3. The van der Waals surface area contributed by atoms with Crippen molar-refractivity contribution in [3.05, 3.63) is 28.8 Å². The van der Waals surface area contributed by atoms with Crippen LogP contribution in [0.2, 0.25) is 0 Å². The summed E-state index contributed by atoms with van der Waals surface area (Å²) >= 11 is 0. The highest BCUT2D eigenvalue weighted by molar-refractivity contribution is 5.95. The number of alkyl halides is 3. The van der Waals surface area contributed by atoms with Gasteiger partial charge in [-0.05, 0) is 32.1 Å². The van der Waals surface area contributed by atoms with Crippen LogP contribution in [0.1, 0.15) is 33.8 Å². The number of rotatable bonds is 3. The van der Waals surface area contributed by atoms with E-state index in [9.17, 15) is 18.0 Å². The van der Waals surface area contributed by atoms with Crippen LogP contribution in [0.3, 0.4) is 0 Å². The molecule has 1 heterocycles. The molecule has 1 amide bonds. The van der Waals surface area contributed by atoms with Gasteiger partial charge in [-0.2, -0.15) is 13.2 Å². The highest BCUT2D eigenvalue weighted by Gasteiger charge is 2.35. The molecule has 1 aliphatic rings. The normalized spacial score (nSPS) is 19.8. The first-order valence-electron chi connectivity index (χ1n) is 6.51. The number of ether oxygens (including phenoxy) is 1. The summed E-state index contributed by atoms with van der Waals surface area (Å²) in [7, 11) is 3.21. The van der Waals surface area contributed by atoms with E-state index in [0.717, 1.165) is 25.1 Å². The number of methoxy groups -OCH3 is 1. The van der Waals surface area contributed by atoms with Gasteiger partial charge in [-0.15, -0.1) is 0 Å². The van der Waals surface area contributed by atoms with E-state index >= 15 is 0 Å². The van der Waals surface area contributed by atoms with E-state index < -0.39 is 17.6 Å². The molecule has 1 unspecified atom stereocenters. The van der Waals surface area contributed by atoms with Gasteiger partial charge in [0.1, 0.15) is 5.75 Å². The van der Waals surface area contributed by atoms with Crippen molar-refractivity contribution in [2.75, 3.05) is 27.2 Å². The summed E-state index contributed by atoms with van der Waals surface area (Å²) in [6, 6.07) is 1.75. The maximum Gasteiger partial charge on any atom is 0.416 e. The lowest BCUT2D eigenvalue weighted by Crippen LogP contribution is -2.20. The first kappa shape index (κ1) is 15.6. The lowest BCUT2D eigenvalue weighted by atomic mass is 9.90. The number of likely N-dealkylation sites (tertiary alicyclic amines) is 1. The molecule has 0 bridgehead atoms. The Morgan fingerprint density at radius 3 is 2.52 bits per heavy atom. The molecule has 0 spiro atoms. The van der Waals surface area contributed by atoms with Crippen LogP contribution >= 0.6 is 0 Å². The monoisotopic (exact) mass is 302 g/mol. The molecule has 0 aliphatic carbocycles. The summed E-state index contributed by atoms with van der Waals surface area (Å²) in [6.07, 6.45) is -3.80. The summed E-state index contributed by atoms with van der Waals surface area (Å²) < 4.78 is 43.8. The van der Waals surface area contributed by atoms with Gasteiger partial charge in [0.15, 0.2) is 0 Å². The average molecular weight is 302 g/mol. The number of likely N-dealkylation sites (N-methyl/N-ethyl adjacent to an activating group) is 1. The van der Waals surface area contributed by atoms with Crippen molar-refractivity contribution in [3.8, 4) is 5.75 Å². The predicted molar refractivity (Wildman–Crippen MR) is 71.4 cm³/mol. The second-order valence-electron chi connectivity index (χ2n) is 5.25. The molecule has 7 heteroatoms. The van der Waals surface area contributed by atoms with Gasteiger partial charge in [0.05, 0.1) is 12.7 Å². The number of amides is 1. The molecule has 1 atom stereocenters. The fourth-order valence-corrected chi connectivity index (χ4v) is 2.75. The van der Waals surface area contributed by atoms with Crippen LogP contribution < -0.4 is 10.5 Å². The smallest absolute Gasteiger partial charge is 0.416 e.